The molecule has 2 aromatic carbocycles. The molecular formula is C21H20N4O4S. The van der Waals surface area contributed by atoms with Gasteiger partial charge in [0.1, 0.15) is 0 Å². The van der Waals surface area contributed by atoms with Crippen LogP contribution in [0.5, 0.6) is 0 Å². The van der Waals surface area contributed by atoms with Gasteiger partial charge < -0.3 is 10.6 Å². The van der Waals surface area contributed by atoms with E-state index in [4.69, 9.17) is 0 Å². The van der Waals surface area contributed by atoms with Gasteiger partial charge in [0.2, 0.25) is 11.8 Å². The van der Waals surface area contributed by atoms with Crippen LogP contribution < -0.4 is 15.5 Å². The molecule has 8 nitrogen and oxygen atoms in total. The number of nitrogens with one attached hydrogen (secondary N) is 2. The maximum Gasteiger partial charge on any atom is 0.280 e. The zero-order valence-corrected chi connectivity index (χ0v) is 17.2. The predicted molar refractivity (Wildman–Crippen MR) is 116 cm³/mol. The van der Waals surface area contributed by atoms with E-state index in [1.807, 2.05) is 19.1 Å². The Balaban J connectivity index is 1.78. The molecule has 1 aliphatic rings. The normalized spacial score (nSPS) is 16.1. The molecule has 2 N–H and O–H groups in total. The number of thioether (sulfide) groups is 1. The predicted octanol–water partition coefficient (Wildman–Crippen LogP) is 2.10. The fourth-order valence-corrected chi connectivity index (χ4v) is 3.55. The van der Waals surface area contributed by atoms with E-state index in [-0.39, 0.29) is 16.8 Å². The first kappa shape index (κ1) is 21.3. The minimum atomic E-state index is -1.39. The van der Waals surface area contributed by atoms with Gasteiger partial charge in [0.15, 0.2) is 11.2 Å². The molecule has 4 amide bonds. The first-order chi connectivity index (χ1) is 14.3. The van der Waals surface area contributed by atoms with Crippen molar-refractivity contribution in [2.24, 2.45) is 4.99 Å². The van der Waals surface area contributed by atoms with E-state index in [1.54, 1.807) is 42.5 Å². The van der Waals surface area contributed by atoms with Gasteiger partial charge in [-0.3, -0.25) is 24.1 Å². The summed E-state index contributed by atoms with van der Waals surface area (Å²) in [7, 11) is 0. The Morgan fingerprint density at radius 1 is 1.07 bits per heavy atom. The van der Waals surface area contributed by atoms with E-state index >= 15 is 0 Å². The first-order valence-electron chi connectivity index (χ1n) is 9.13. The zero-order valence-electron chi connectivity index (χ0n) is 16.4. The molecule has 1 heterocycles. The van der Waals surface area contributed by atoms with Crippen molar-refractivity contribution < 1.29 is 19.2 Å². The second kappa shape index (κ2) is 9.36. The number of hydrogen-bond donors (Lipinski definition) is 2. The highest BCUT2D eigenvalue weighted by molar-refractivity contribution is 8.14. The van der Waals surface area contributed by atoms with E-state index in [9.17, 15) is 19.2 Å². The topological polar surface area (TPSA) is 108 Å². The van der Waals surface area contributed by atoms with Gasteiger partial charge in [-0.05, 0) is 31.2 Å². The lowest BCUT2D eigenvalue weighted by Gasteiger charge is -2.30. The van der Waals surface area contributed by atoms with Crippen LogP contribution in [0.25, 0.3) is 0 Å². The van der Waals surface area contributed by atoms with Crippen LogP contribution in [0, 0.1) is 6.92 Å². The number of aryl methyl sites for hydroxylation is 1. The third kappa shape index (κ3) is 5.12. The van der Waals surface area contributed by atoms with E-state index in [0.717, 1.165) is 17.3 Å². The van der Waals surface area contributed by atoms with Crippen molar-refractivity contribution in [2.75, 3.05) is 16.0 Å². The fraction of sp³-hybridized carbons (Fsp3) is 0.190. The number of nitrogens with zero attached hydrogens (tertiary/aromatic N) is 2. The molecular weight excluding hydrogens is 404 g/mol. The quantitative estimate of drug-likeness (QED) is 0.715. The molecule has 2 aromatic rings. The van der Waals surface area contributed by atoms with E-state index in [0.29, 0.717) is 11.4 Å². The second-order valence-corrected chi connectivity index (χ2v) is 7.52. The third-order valence-electron chi connectivity index (χ3n) is 4.14. The van der Waals surface area contributed by atoms with Gasteiger partial charge in [-0.15, -0.1) is 0 Å². The molecule has 0 spiro atoms. The maximum absolute atomic E-state index is 12.9. The van der Waals surface area contributed by atoms with Crippen molar-refractivity contribution in [3.63, 3.8) is 0 Å². The third-order valence-corrected chi connectivity index (χ3v) is 5.08. The summed E-state index contributed by atoms with van der Waals surface area (Å²) in [6.07, 6.45) is 0. The Hall–Kier alpha value is -3.46. The number of carbonyl (C=O) groups is 4. The number of carbonyl (C=O) groups excluding carboxylic acids is 4. The highest BCUT2D eigenvalue weighted by Gasteiger charge is 2.39. The van der Waals surface area contributed by atoms with Crippen LogP contribution in [0.4, 0.5) is 11.4 Å². The summed E-state index contributed by atoms with van der Waals surface area (Å²) in [5.74, 6) is -2.27. The maximum atomic E-state index is 12.9. The molecule has 1 atom stereocenters. The molecule has 3 rings (SSSR count). The van der Waals surface area contributed by atoms with Gasteiger partial charge in [0.05, 0.1) is 11.4 Å². The summed E-state index contributed by atoms with van der Waals surface area (Å²) in [6, 6.07) is 14.6. The number of benzene rings is 2. The summed E-state index contributed by atoms with van der Waals surface area (Å²) in [5.41, 5.74) is 2.20. The van der Waals surface area contributed by atoms with Crippen LogP contribution in [0.3, 0.4) is 0 Å². The smallest absolute Gasteiger partial charge is 0.280 e. The van der Waals surface area contributed by atoms with Crippen LogP contribution in [0.2, 0.25) is 0 Å². The molecule has 9 heteroatoms. The number of aliphatic imine (C=N–C) groups is 1. The molecule has 1 unspecified atom stereocenters. The lowest BCUT2D eigenvalue weighted by atomic mass is 10.2. The summed E-state index contributed by atoms with van der Waals surface area (Å²) in [5, 5.41) is 5.17. The molecule has 0 aliphatic carbocycles. The highest BCUT2D eigenvalue weighted by atomic mass is 32.2. The minimum Gasteiger partial charge on any atom is -0.337 e. The molecule has 0 fully saturated rings. The van der Waals surface area contributed by atoms with Gasteiger partial charge in [-0.1, -0.05) is 47.7 Å². The van der Waals surface area contributed by atoms with Crippen molar-refractivity contribution in [3.05, 3.63) is 60.2 Å². The van der Waals surface area contributed by atoms with Crippen LogP contribution in [0.1, 0.15) is 12.5 Å². The Labute approximate surface area is 177 Å². The van der Waals surface area contributed by atoms with Crippen molar-refractivity contribution >= 4 is 51.9 Å². The molecule has 0 aromatic heterocycles. The van der Waals surface area contributed by atoms with Crippen molar-refractivity contribution in [1.82, 2.24) is 5.32 Å². The number of anilines is 2. The van der Waals surface area contributed by atoms with Crippen molar-refractivity contribution in [3.8, 4) is 0 Å². The first-order valence-corrected chi connectivity index (χ1v) is 10.1. The summed E-state index contributed by atoms with van der Waals surface area (Å²) in [6.45, 7) is 3.17. The largest absolute Gasteiger partial charge is 0.337 e. The molecule has 30 heavy (non-hydrogen) atoms. The van der Waals surface area contributed by atoms with Gasteiger partial charge >= 0.3 is 0 Å². The second-order valence-electron chi connectivity index (χ2n) is 6.58. The Kier molecular flexibility index (Phi) is 6.63. The average molecular weight is 424 g/mol. The molecule has 0 radical (unpaired) electrons. The van der Waals surface area contributed by atoms with Crippen LogP contribution >= 0.6 is 11.8 Å². The van der Waals surface area contributed by atoms with Gasteiger partial charge in [0.25, 0.3) is 11.8 Å². The number of rotatable bonds is 5. The Morgan fingerprint density at radius 3 is 2.37 bits per heavy atom. The molecule has 0 saturated heterocycles. The number of para-hydroxylation sites is 1. The summed E-state index contributed by atoms with van der Waals surface area (Å²) < 4.78 is 0. The van der Waals surface area contributed by atoms with E-state index < -0.39 is 23.8 Å². The Bertz CT molecular complexity index is 1010. The number of amides is 4. The van der Waals surface area contributed by atoms with Crippen LogP contribution in [-0.2, 0) is 19.2 Å². The summed E-state index contributed by atoms with van der Waals surface area (Å²) >= 11 is 0.969. The van der Waals surface area contributed by atoms with Crippen LogP contribution in [-0.4, -0.2) is 40.6 Å². The highest BCUT2D eigenvalue weighted by Crippen LogP contribution is 2.24. The van der Waals surface area contributed by atoms with Gasteiger partial charge in [-0.2, -0.15) is 4.99 Å². The monoisotopic (exact) mass is 424 g/mol. The molecule has 154 valence electrons. The van der Waals surface area contributed by atoms with Gasteiger partial charge in [-0.25, -0.2) is 0 Å². The van der Waals surface area contributed by atoms with Crippen LogP contribution in [0.15, 0.2) is 59.6 Å². The number of hydrogen-bond acceptors (Lipinski definition) is 5. The molecule has 0 bridgehead atoms. The van der Waals surface area contributed by atoms with Crippen molar-refractivity contribution in [2.45, 2.75) is 19.9 Å². The zero-order chi connectivity index (χ0) is 21.7. The standard InChI is InChI=1S/C21H20N4O4S/c1-13-8-10-15(11-9-13)23-17(27)12-30-21-24-19(28)18(22-14(2)26)20(29)25(21)16-6-4-3-5-7-16/h3-11,18H,12H2,1-2H3,(H,22,26)(H,23,27). The van der Waals surface area contributed by atoms with Gasteiger partial charge in [0, 0.05) is 12.6 Å². The SMILES string of the molecule is CC(=O)NC1C(=O)N=C(SCC(=O)Nc2ccc(C)cc2)N(c2ccccc2)C1=O. The molecule has 0 saturated carbocycles. The lowest BCUT2D eigenvalue weighted by Crippen LogP contribution is -2.57. The lowest BCUT2D eigenvalue weighted by molar-refractivity contribution is -0.133. The molecule has 1 aliphatic heterocycles. The average Bonchev–Trinajstić information content (AvgIpc) is 2.71. The van der Waals surface area contributed by atoms with E-state index in [1.165, 1.54) is 11.8 Å². The fourth-order valence-electron chi connectivity index (χ4n) is 2.74. The minimum absolute atomic E-state index is 0.0542. The summed E-state index contributed by atoms with van der Waals surface area (Å²) in [4.78, 5) is 54.2. The Morgan fingerprint density at radius 2 is 1.73 bits per heavy atom. The number of amidine groups is 1. The van der Waals surface area contributed by atoms with Crippen molar-refractivity contribution in [1.29, 1.82) is 0 Å². The van der Waals surface area contributed by atoms with E-state index in [2.05, 4.69) is 15.6 Å².